The number of rotatable bonds is 3. The lowest BCUT2D eigenvalue weighted by Gasteiger charge is -2.02. The number of benzene rings is 1. The molecule has 15 heavy (non-hydrogen) atoms. The molecular weight excluding hydrogens is 216 g/mol. The Hall–Kier alpha value is -1.10. The Morgan fingerprint density at radius 3 is 3.07 bits per heavy atom. The summed E-state index contributed by atoms with van der Waals surface area (Å²) in [7, 11) is 0. The highest BCUT2D eigenvalue weighted by atomic mass is 35.5. The number of nitrogens with two attached hydrogens (primary N) is 1. The third-order valence-electron chi connectivity index (χ3n) is 2.12. The first-order valence-corrected chi connectivity index (χ1v) is 5.01. The molecule has 1 atom stereocenters. The van der Waals surface area contributed by atoms with Gasteiger partial charge in [0.25, 0.3) is 0 Å². The van der Waals surface area contributed by atoms with Crippen molar-refractivity contribution in [3.63, 3.8) is 0 Å². The van der Waals surface area contributed by atoms with Crippen LogP contribution >= 0.6 is 11.6 Å². The van der Waals surface area contributed by atoms with Crippen molar-refractivity contribution < 1.29 is 9.52 Å². The molecule has 1 aromatic carbocycles. The Balaban J connectivity index is 2.38. The van der Waals surface area contributed by atoms with Gasteiger partial charge in [0, 0.05) is 11.6 Å². The normalized spacial score (nSPS) is 13.3. The standard InChI is InChI=1S/C10H11ClN2O2/c11-6-1-2-9-8(5-6)13-10(15-9)7(12)3-4-14/h1-2,5,7,14H,3-4,12H2. The van der Waals surface area contributed by atoms with Gasteiger partial charge >= 0.3 is 0 Å². The van der Waals surface area contributed by atoms with Crippen molar-refractivity contribution in [3.8, 4) is 0 Å². The van der Waals surface area contributed by atoms with Crippen LogP contribution in [0.25, 0.3) is 11.1 Å². The van der Waals surface area contributed by atoms with Gasteiger partial charge in [0.2, 0.25) is 5.89 Å². The number of nitrogens with zero attached hydrogens (tertiary/aromatic N) is 1. The summed E-state index contributed by atoms with van der Waals surface area (Å²) in [6, 6.07) is 4.83. The van der Waals surface area contributed by atoms with E-state index in [9.17, 15) is 0 Å². The van der Waals surface area contributed by atoms with Crippen LogP contribution in [0.4, 0.5) is 0 Å². The van der Waals surface area contributed by atoms with E-state index < -0.39 is 0 Å². The number of fused-ring (bicyclic) bond motifs is 1. The highest BCUT2D eigenvalue weighted by Crippen LogP contribution is 2.23. The van der Waals surface area contributed by atoms with E-state index in [1.165, 1.54) is 0 Å². The second-order valence-electron chi connectivity index (χ2n) is 3.28. The summed E-state index contributed by atoms with van der Waals surface area (Å²) in [6.45, 7) is 0.0145. The van der Waals surface area contributed by atoms with Crippen molar-refractivity contribution >= 4 is 22.7 Å². The SMILES string of the molecule is NC(CCO)c1nc2cc(Cl)ccc2o1. The van der Waals surface area contributed by atoms with Crippen molar-refractivity contribution in [2.75, 3.05) is 6.61 Å². The van der Waals surface area contributed by atoms with Crippen LogP contribution in [-0.4, -0.2) is 16.7 Å². The Bertz CT molecular complexity index is 469. The molecule has 0 fully saturated rings. The molecule has 2 aromatic rings. The van der Waals surface area contributed by atoms with Gasteiger partial charge < -0.3 is 15.3 Å². The van der Waals surface area contributed by atoms with Gasteiger partial charge in [0.1, 0.15) is 5.52 Å². The van der Waals surface area contributed by atoms with Crippen LogP contribution in [0.3, 0.4) is 0 Å². The van der Waals surface area contributed by atoms with Gasteiger partial charge in [-0.05, 0) is 24.6 Å². The molecule has 0 radical (unpaired) electrons. The Labute approximate surface area is 91.7 Å². The molecule has 0 aliphatic rings. The molecule has 0 saturated carbocycles. The molecule has 1 unspecified atom stereocenters. The molecule has 80 valence electrons. The number of oxazole rings is 1. The maximum atomic E-state index is 8.75. The number of halogens is 1. The van der Waals surface area contributed by atoms with Crippen LogP contribution in [0.15, 0.2) is 22.6 Å². The summed E-state index contributed by atoms with van der Waals surface area (Å²) in [4.78, 5) is 4.20. The third-order valence-corrected chi connectivity index (χ3v) is 2.36. The summed E-state index contributed by atoms with van der Waals surface area (Å²) in [6.07, 6.45) is 0.431. The molecular formula is C10H11ClN2O2. The third kappa shape index (κ3) is 2.12. The van der Waals surface area contributed by atoms with E-state index >= 15 is 0 Å². The zero-order valence-electron chi connectivity index (χ0n) is 7.98. The van der Waals surface area contributed by atoms with Crippen molar-refractivity contribution in [2.24, 2.45) is 5.73 Å². The predicted molar refractivity (Wildman–Crippen MR) is 57.7 cm³/mol. The lowest BCUT2D eigenvalue weighted by Crippen LogP contribution is -2.11. The van der Waals surface area contributed by atoms with Gasteiger partial charge in [0.15, 0.2) is 5.58 Å². The van der Waals surface area contributed by atoms with E-state index in [4.69, 9.17) is 26.9 Å². The van der Waals surface area contributed by atoms with E-state index in [2.05, 4.69) is 4.98 Å². The highest BCUT2D eigenvalue weighted by Gasteiger charge is 2.13. The van der Waals surface area contributed by atoms with Gasteiger partial charge in [-0.25, -0.2) is 4.98 Å². The second kappa shape index (κ2) is 4.18. The molecule has 0 bridgehead atoms. The van der Waals surface area contributed by atoms with Crippen molar-refractivity contribution in [3.05, 3.63) is 29.1 Å². The summed E-state index contributed by atoms with van der Waals surface area (Å²) in [5.74, 6) is 0.432. The highest BCUT2D eigenvalue weighted by molar-refractivity contribution is 6.31. The minimum atomic E-state index is -0.374. The van der Waals surface area contributed by atoms with Crippen molar-refractivity contribution in [1.82, 2.24) is 4.98 Å². The molecule has 0 aliphatic carbocycles. The monoisotopic (exact) mass is 226 g/mol. The van der Waals surface area contributed by atoms with E-state index in [1.807, 2.05) is 0 Å². The molecule has 0 spiro atoms. The molecule has 1 aromatic heterocycles. The average molecular weight is 227 g/mol. The van der Waals surface area contributed by atoms with Gasteiger partial charge in [0.05, 0.1) is 6.04 Å². The van der Waals surface area contributed by atoms with E-state index in [1.54, 1.807) is 18.2 Å². The average Bonchev–Trinajstić information content (AvgIpc) is 2.60. The van der Waals surface area contributed by atoms with Crippen LogP contribution in [0.5, 0.6) is 0 Å². The molecule has 0 saturated heterocycles. The van der Waals surface area contributed by atoms with Gasteiger partial charge in [-0.3, -0.25) is 0 Å². The van der Waals surface area contributed by atoms with Gasteiger partial charge in [-0.1, -0.05) is 11.6 Å². The number of hydrogen-bond donors (Lipinski definition) is 2. The quantitative estimate of drug-likeness (QED) is 0.838. The van der Waals surface area contributed by atoms with E-state index in [0.29, 0.717) is 28.4 Å². The predicted octanol–water partition coefficient (Wildman–Crippen LogP) is 1.86. The van der Waals surface area contributed by atoms with Crippen molar-refractivity contribution in [2.45, 2.75) is 12.5 Å². The number of aromatic nitrogens is 1. The molecule has 3 N–H and O–H groups in total. The van der Waals surface area contributed by atoms with Crippen LogP contribution in [0, 0.1) is 0 Å². The fourth-order valence-corrected chi connectivity index (χ4v) is 1.51. The minimum Gasteiger partial charge on any atom is -0.439 e. The first-order chi connectivity index (χ1) is 7.20. The zero-order valence-corrected chi connectivity index (χ0v) is 8.74. The van der Waals surface area contributed by atoms with E-state index in [-0.39, 0.29) is 12.6 Å². The lowest BCUT2D eigenvalue weighted by atomic mass is 10.2. The first-order valence-electron chi connectivity index (χ1n) is 4.63. The fourth-order valence-electron chi connectivity index (χ4n) is 1.34. The molecule has 2 rings (SSSR count). The summed E-state index contributed by atoms with van der Waals surface area (Å²) < 4.78 is 5.43. The minimum absolute atomic E-state index is 0.0145. The second-order valence-corrected chi connectivity index (χ2v) is 3.72. The number of aliphatic hydroxyl groups excluding tert-OH is 1. The summed E-state index contributed by atoms with van der Waals surface area (Å²) >= 11 is 5.82. The Morgan fingerprint density at radius 1 is 1.53 bits per heavy atom. The number of aliphatic hydroxyl groups is 1. The topological polar surface area (TPSA) is 72.3 Å². The lowest BCUT2D eigenvalue weighted by molar-refractivity contribution is 0.268. The Kier molecular flexibility index (Phi) is 2.90. The van der Waals surface area contributed by atoms with Crippen LogP contribution in [0.2, 0.25) is 5.02 Å². The summed E-state index contributed by atoms with van der Waals surface area (Å²) in [5.41, 5.74) is 7.10. The maximum Gasteiger partial charge on any atom is 0.212 e. The molecule has 0 amide bonds. The zero-order chi connectivity index (χ0) is 10.8. The van der Waals surface area contributed by atoms with E-state index in [0.717, 1.165) is 0 Å². The van der Waals surface area contributed by atoms with Crippen molar-refractivity contribution in [1.29, 1.82) is 0 Å². The van der Waals surface area contributed by atoms with Gasteiger partial charge in [-0.15, -0.1) is 0 Å². The molecule has 0 aliphatic heterocycles. The number of hydrogen-bond acceptors (Lipinski definition) is 4. The maximum absolute atomic E-state index is 8.75. The Morgan fingerprint density at radius 2 is 2.33 bits per heavy atom. The largest absolute Gasteiger partial charge is 0.439 e. The molecule has 4 nitrogen and oxygen atoms in total. The first kappa shape index (κ1) is 10.4. The smallest absolute Gasteiger partial charge is 0.212 e. The van der Waals surface area contributed by atoms with Crippen LogP contribution in [0.1, 0.15) is 18.4 Å². The molecule has 5 heteroatoms. The van der Waals surface area contributed by atoms with Crippen LogP contribution < -0.4 is 5.73 Å². The fraction of sp³-hybridized carbons (Fsp3) is 0.300. The van der Waals surface area contributed by atoms with Crippen LogP contribution in [-0.2, 0) is 0 Å². The summed E-state index contributed by atoms with van der Waals surface area (Å²) in [5, 5.41) is 9.36. The molecule has 1 heterocycles. The van der Waals surface area contributed by atoms with Gasteiger partial charge in [-0.2, -0.15) is 0 Å².